The highest BCUT2D eigenvalue weighted by Gasteiger charge is 2.16. The van der Waals surface area contributed by atoms with Gasteiger partial charge in [0.05, 0.1) is 12.5 Å². The molecule has 0 aliphatic carbocycles. The fourth-order valence-corrected chi connectivity index (χ4v) is 3.12. The maximum atomic E-state index is 12.6. The Kier molecular flexibility index (Phi) is 5.52. The molecule has 134 valence electrons. The van der Waals surface area contributed by atoms with Gasteiger partial charge in [-0.05, 0) is 48.6 Å². The van der Waals surface area contributed by atoms with E-state index in [0.29, 0.717) is 5.69 Å². The fraction of sp³-hybridized carbons (Fsp3) is 0.273. The number of carbonyl (C=O) groups is 1. The highest BCUT2D eigenvalue weighted by Crippen LogP contribution is 2.24. The van der Waals surface area contributed by atoms with Crippen molar-refractivity contribution in [3.8, 4) is 16.8 Å². The number of hydrogen-bond donors (Lipinski definition) is 1. The van der Waals surface area contributed by atoms with Crippen molar-refractivity contribution in [2.75, 3.05) is 0 Å². The largest absolute Gasteiger partial charge is 0.348 e. The van der Waals surface area contributed by atoms with E-state index in [-0.39, 0.29) is 11.9 Å². The molecule has 1 heterocycles. The second-order valence-electron chi connectivity index (χ2n) is 6.50. The van der Waals surface area contributed by atoms with Crippen LogP contribution in [0.4, 0.5) is 0 Å². The number of aryl methyl sites for hydroxylation is 1. The maximum Gasteiger partial charge on any atom is 0.270 e. The number of nitrogens with one attached hydrogen (secondary N) is 1. The van der Waals surface area contributed by atoms with Gasteiger partial charge in [0.2, 0.25) is 0 Å². The summed E-state index contributed by atoms with van der Waals surface area (Å²) < 4.78 is 1.83. The molecule has 0 atom stereocenters. The number of aromatic nitrogens is 2. The molecule has 3 aromatic rings. The second kappa shape index (κ2) is 8.00. The lowest BCUT2D eigenvalue weighted by atomic mass is 10.0. The molecule has 4 heteroatoms. The summed E-state index contributed by atoms with van der Waals surface area (Å²) in [7, 11) is 0. The molecule has 0 fully saturated rings. The van der Waals surface area contributed by atoms with Gasteiger partial charge < -0.3 is 5.32 Å². The summed E-state index contributed by atoms with van der Waals surface area (Å²) >= 11 is 0. The van der Waals surface area contributed by atoms with Crippen molar-refractivity contribution in [2.24, 2.45) is 0 Å². The summed E-state index contributed by atoms with van der Waals surface area (Å²) in [4.78, 5) is 16.8. The molecule has 0 spiro atoms. The minimum Gasteiger partial charge on any atom is -0.348 e. The average Bonchev–Trinajstić information content (AvgIpc) is 3.16. The van der Waals surface area contributed by atoms with Gasteiger partial charge in [-0.15, -0.1) is 0 Å². The fourth-order valence-electron chi connectivity index (χ4n) is 3.12. The van der Waals surface area contributed by atoms with Gasteiger partial charge in [-0.25, -0.2) is 4.98 Å². The smallest absolute Gasteiger partial charge is 0.270 e. The molecule has 0 saturated heterocycles. The van der Waals surface area contributed by atoms with Crippen molar-refractivity contribution in [3.05, 3.63) is 72.3 Å². The first-order valence-electron chi connectivity index (χ1n) is 9.13. The van der Waals surface area contributed by atoms with Crippen LogP contribution in [-0.4, -0.2) is 21.5 Å². The van der Waals surface area contributed by atoms with Crippen LogP contribution < -0.4 is 5.32 Å². The van der Waals surface area contributed by atoms with E-state index in [9.17, 15) is 4.79 Å². The van der Waals surface area contributed by atoms with E-state index in [1.165, 1.54) is 11.1 Å². The number of imidazole rings is 1. The van der Waals surface area contributed by atoms with Crippen LogP contribution in [0.3, 0.4) is 0 Å². The average molecular weight is 347 g/mol. The Morgan fingerprint density at radius 2 is 1.77 bits per heavy atom. The summed E-state index contributed by atoms with van der Waals surface area (Å²) in [5.74, 6) is -0.0841. The maximum absolute atomic E-state index is 12.6. The molecule has 0 saturated carbocycles. The quantitative estimate of drug-likeness (QED) is 0.698. The van der Waals surface area contributed by atoms with E-state index < -0.39 is 0 Å². The lowest BCUT2D eigenvalue weighted by molar-refractivity contribution is 0.0928. The van der Waals surface area contributed by atoms with Crippen molar-refractivity contribution in [2.45, 2.75) is 39.7 Å². The van der Waals surface area contributed by atoms with Crippen molar-refractivity contribution >= 4 is 5.91 Å². The Morgan fingerprint density at radius 1 is 1.08 bits per heavy atom. The van der Waals surface area contributed by atoms with E-state index in [0.717, 1.165) is 24.1 Å². The third-order valence-corrected chi connectivity index (χ3v) is 4.79. The molecule has 0 unspecified atom stereocenters. The van der Waals surface area contributed by atoms with Crippen LogP contribution >= 0.6 is 0 Å². The zero-order valence-corrected chi connectivity index (χ0v) is 15.6. The number of rotatable bonds is 6. The Morgan fingerprint density at radius 3 is 2.42 bits per heavy atom. The van der Waals surface area contributed by atoms with E-state index in [2.05, 4.69) is 55.3 Å². The minimum atomic E-state index is -0.0841. The van der Waals surface area contributed by atoms with Crippen LogP contribution in [0.1, 0.15) is 42.7 Å². The predicted octanol–water partition coefficient (Wildman–Crippen LogP) is 4.77. The first kappa shape index (κ1) is 17.9. The number of hydrogen-bond acceptors (Lipinski definition) is 2. The molecule has 4 nitrogen and oxygen atoms in total. The van der Waals surface area contributed by atoms with Gasteiger partial charge in [0.25, 0.3) is 5.91 Å². The predicted molar refractivity (Wildman–Crippen MR) is 106 cm³/mol. The number of nitrogens with zero attached hydrogens (tertiary/aromatic N) is 2. The summed E-state index contributed by atoms with van der Waals surface area (Å²) in [6.07, 6.45) is 5.14. The molecule has 2 aromatic carbocycles. The van der Waals surface area contributed by atoms with Crippen molar-refractivity contribution in [1.82, 2.24) is 14.9 Å². The minimum absolute atomic E-state index is 0.0841. The molecule has 0 aliphatic heterocycles. The van der Waals surface area contributed by atoms with Gasteiger partial charge in [0.15, 0.2) is 0 Å². The number of benzene rings is 2. The lowest BCUT2D eigenvalue weighted by Gasteiger charge is -2.15. The van der Waals surface area contributed by atoms with Crippen LogP contribution in [-0.2, 0) is 0 Å². The highest BCUT2D eigenvalue weighted by atomic mass is 16.2. The van der Waals surface area contributed by atoms with Crippen molar-refractivity contribution < 1.29 is 4.79 Å². The van der Waals surface area contributed by atoms with Crippen LogP contribution in [0.15, 0.2) is 61.1 Å². The van der Waals surface area contributed by atoms with E-state index in [1.54, 1.807) is 12.5 Å². The molecule has 1 amide bonds. The number of amides is 1. The third-order valence-electron chi connectivity index (χ3n) is 4.79. The van der Waals surface area contributed by atoms with Crippen molar-refractivity contribution in [1.29, 1.82) is 0 Å². The second-order valence-corrected chi connectivity index (χ2v) is 6.50. The zero-order valence-electron chi connectivity index (χ0n) is 15.6. The van der Waals surface area contributed by atoms with Crippen LogP contribution in [0.2, 0.25) is 0 Å². The molecule has 0 bridgehead atoms. The van der Waals surface area contributed by atoms with Crippen molar-refractivity contribution in [3.63, 3.8) is 0 Å². The SMILES string of the molecule is CCC(CC)NC(=O)c1cncn1-c1ccc(-c2ccccc2C)cc1. The Hall–Kier alpha value is -2.88. The van der Waals surface area contributed by atoms with E-state index in [4.69, 9.17) is 0 Å². The molecular weight excluding hydrogens is 322 g/mol. The van der Waals surface area contributed by atoms with Crippen LogP contribution in [0, 0.1) is 6.92 Å². The molecular formula is C22H25N3O. The normalized spacial score (nSPS) is 10.9. The zero-order chi connectivity index (χ0) is 18.5. The Bertz CT molecular complexity index is 876. The summed E-state index contributed by atoms with van der Waals surface area (Å²) in [5, 5.41) is 3.07. The lowest BCUT2D eigenvalue weighted by Crippen LogP contribution is -2.34. The number of carbonyl (C=O) groups excluding carboxylic acids is 1. The first-order valence-corrected chi connectivity index (χ1v) is 9.13. The molecule has 3 rings (SSSR count). The standard InChI is InChI=1S/C22H25N3O/c1-4-18(5-2)24-22(26)21-14-23-15-25(21)19-12-10-17(11-13-19)20-9-7-6-8-16(20)3/h6-15,18H,4-5H2,1-3H3,(H,24,26). The monoisotopic (exact) mass is 347 g/mol. The van der Waals surface area contributed by atoms with E-state index in [1.807, 2.05) is 28.8 Å². The molecule has 1 N–H and O–H groups in total. The molecule has 0 aliphatic rings. The third kappa shape index (κ3) is 3.69. The van der Waals surface area contributed by atoms with Crippen LogP contribution in [0.5, 0.6) is 0 Å². The van der Waals surface area contributed by atoms with Gasteiger partial charge in [-0.3, -0.25) is 9.36 Å². The van der Waals surface area contributed by atoms with Gasteiger partial charge in [-0.1, -0.05) is 50.2 Å². The Balaban J connectivity index is 1.86. The molecule has 1 aromatic heterocycles. The molecule has 0 radical (unpaired) electrons. The summed E-state index contributed by atoms with van der Waals surface area (Å²) in [6.45, 7) is 6.27. The van der Waals surface area contributed by atoms with Gasteiger partial charge >= 0.3 is 0 Å². The highest BCUT2D eigenvalue weighted by molar-refractivity contribution is 5.93. The topological polar surface area (TPSA) is 46.9 Å². The van der Waals surface area contributed by atoms with Gasteiger partial charge in [0, 0.05) is 11.7 Å². The van der Waals surface area contributed by atoms with Crippen LogP contribution in [0.25, 0.3) is 16.8 Å². The summed E-state index contributed by atoms with van der Waals surface area (Å²) in [5.41, 5.74) is 5.11. The van der Waals surface area contributed by atoms with Gasteiger partial charge in [0.1, 0.15) is 5.69 Å². The van der Waals surface area contributed by atoms with E-state index >= 15 is 0 Å². The summed E-state index contributed by atoms with van der Waals surface area (Å²) in [6, 6.07) is 16.7. The first-order chi connectivity index (χ1) is 12.6. The van der Waals surface area contributed by atoms with Gasteiger partial charge in [-0.2, -0.15) is 0 Å². The molecule has 26 heavy (non-hydrogen) atoms. The Labute approximate surface area is 154 Å².